The van der Waals surface area contributed by atoms with E-state index in [0.29, 0.717) is 12.0 Å². The molecule has 20 heavy (non-hydrogen) atoms. The first-order chi connectivity index (χ1) is 9.50. The normalized spacial score (nSPS) is 10.1. The molecule has 0 aromatic carbocycles. The molecule has 0 radical (unpaired) electrons. The second-order valence-corrected chi connectivity index (χ2v) is 4.76. The molecule has 1 aromatic rings. The van der Waals surface area contributed by atoms with Crippen molar-refractivity contribution in [3.8, 4) is 0 Å². The summed E-state index contributed by atoms with van der Waals surface area (Å²) in [7, 11) is 3.40. The summed E-state index contributed by atoms with van der Waals surface area (Å²) < 4.78 is 0. The number of hydrogen-bond acceptors (Lipinski definition) is 4. The van der Waals surface area contributed by atoms with E-state index in [0.717, 1.165) is 25.2 Å². The Morgan fingerprint density at radius 2 is 2.00 bits per heavy atom. The van der Waals surface area contributed by atoms with E-state index in [-0.39, 0.29) is 12.3 Å². The fraction of sp³-hybridized carbons (Fsp3) is 0.500. The Bertz CT molecular complexity index is 443. The molecule has 110 valence electrons. The van der Waals surface area contributed by atoms with Crippen molar-refractivity contribution in [3.63, 3.8) is 0 Å². The lowest BCUT2D eigenvalue weighted by atomic mass is 10.2. The molecule has 1 aromatic heterocycles. The number of hydrogen-bond donors (Lipinski definition) is 2. The summed E-state index contributed by atoms with van der Waals surface area (Å²) in [6.07, 6.45) is 4.24. The Morgan fingerprint density at radius 3 is 2.55 bits per heavy atom. The molecule has 0 aliphatic carbocycles. The van der Waals surface area contributed by atoms with Gasteiger partial charge < -0.3 is 15.3 Å². The minimum atomic E-state index is -0.749. The second-order valence-electron chi connectivity index (χ2n) is 4.76. The van der Waals surface area contributed by atoms with Crippen molar-refractivity contribution in [2.24, 2.45) is 0 Å². The van der Waals surface area contributed by atoms with Gasteiger partial charge in [-0.05, 0) is 25.0 Å². The highest BCUT2D eigenvalue weighted by Crippen LogP contribution is 2.07. The zero-order chi connectivity index (χ0) is 15.0. The number of amides is 1. The van der Waals surface area contributed by atoms with Crippen LogP contribution in [0, 0.1) is 0 Å². The summed E-state index contributed by atoms with van der Waals surface area (Å²) in [4.78, 5) is 27.7. The molecule has 1 amide bonds. The quantitative estimate of drug-likeness (QED) is 0.709. The first-order valence-corrected chi connectivity index (χ1v) is 6.64. The van der Waals surface area contributed by atoms with Crippen molar-refractivity contribution in [2.75, 3.05) is 26.0 Å². The standard InChI is InChI=1S/C14H21N3O3/c1-17(2)14(20)11-7-8-12(16-10-11)15-9-5-3-4-6-13(18)19/h7-8,10H,3-6,9H2,1-2H3,(H,15,16)(H,18,19). The molecule has 0 unspecified atom stereocenters. The van der Waals surface area contributed by atoms with Crippen molar-refractivity contribution >= 4 is 17.7 Å². The summed E-state index contributed by atoms with van der Waals surface area (Å²) in [5.74, 6) is -0.1000. The van der Waals surface area contributed by atoms with Gasteiger partial charge in [0.05, 0.1) is 5.56 Å². The molecule has 6 nitrogen and oxygen atoms in total. The topological polar surface area (TPSA) is 82.5 Å². The summed E-state index contributed by atoms with van der Waals surface area (Å²) >= 11 is 0. The van der Waals surface area contributed by atoms with Crippen LogP contribution in [0.4, 0.5) is 5.82 Å². The Balaban J connectivity index is 2.28. The van der Waals surface area contributed by atoms with Crippen LogP contribution in [0.3, 0.4) is 0 Å². The highest BCUT2D eigenvalue weighted by atomic mass is 16.4. The number of aliphatic carboxylic acids is 1. The number of rotatable bonds is 8. The van der Waals surface area contributed by atoms with E-state index in [4.69, 9.17) is 5.11 Å². The summed E-state index contributed by atoms with van der Waals surface area (Å²) in [6, 6.07) is 3.51. The number of nitrogens with one attached hydrogen (secondary N) is 1. The van der Waals surface area contributed by atoms with Gasteiger partial charge >= 0.3 is 5.97 Å². The number of carboxylic acids is 1. The van der Waals surface area contributed by atoms with Gasteiger partial charge in [-0.25, -0.2) is 4.98 Å². The van der Waals surface area contributed by atoms with Crippen LogP contribution in [0.5, 0.6) is 0 Å². The van der Waals surface area contributed by atoms with Crippen molar-refractivity contribution in [2.45, 2.75) is 25.7 Å². The van der Waals surface area contributed by atoms with Crippen molar-refractivity contribution in [1.82, 2.24) is 9.88 Å². The molecule has 0 spiro atoms. The Labute approximate surface area is 118 Å². The molecule has 1 heterocycles. The van der Waals surface area contributed by atoms with Crippen LogP contribution in [0.15, 0.2) is 18.3 Å². The van der Waals surface area contributed by atoms with Crippen LogP contribution in [0.25, 0.3) is 0 Å². The lowest BCUT2D eigenvalue weighted by Crippen LogP contribution is -2.21. The van der Waals surface area contributed by atoms with E-state index in [2.05, 4.69) is 10.3 Å². The Morgan fingerprint density at radius 1 is 1.25 bits per heavy atom. The van der Waals surface area contributed by atoms with Crippen LogP contribution in [0.2, 0.25) is 0 Å². The van der Waals surface area contributed by atoms with E-state index in [1.54, 1.807) is 32.4 Å². The zero-order valence-electron chi connectivity index (χ0n) is 11.9. The van der Waals surface area contributed by atoms with Gasteiger partial charge in [0, 0.05) is 33.3 Å². The van der Waals surface area contributed by atoms with Gasteiger partial charge in [-0.15, -0.1) is 0 Å². The third kappa shape index (κ3) is 5.69. The monoisotopic (exact) mass is 279 g/mol. The average molecular weight is 279 g/mol. The van der Waals surface area contributed by atoms with E-state index >= 15 is 0 Å². The SMILES string of the molecule is CN(C)C(=O)c1ccc(NCCCCCC(=O)O)nc1. The van der Waals surface area contributed by atoms with Gasteiger partial charge in [0.25, 0.3) is 5.91 Å². The van der Waals surface area contributed by atoms with Gasteiger partial charge in [0.1, 0.15) is 5.82 Å². The number of aromatic nitrogens is 1. The van der Waals surface area contributed by atoms with E-state index in [9.17, 15) is 9.59 Å². The molecule has 1 rings (SSSR count). The summed E-state index contributed by atoms with van der Waals surface area (Å²) in [5.41, 5.74) is 0.557. The molecular formula is C14H21N3O3. The Hall–Kier alpha value is -2.11. The molecule has 0 saturated carbocycles. The molecule has 2 N–H and O–H groups in total. The maximum Gasteiger partial charge on any atom is 0.303 e. The molecule has 0 atom stereocenters. The predicted octanol–water partition coefficient (Wildman–Crippen LogP) is 1.84. The van der Waals surface area contributed by atoms with E-state index in [1.165, 1.54) is 4.90 Å². The molecular weight excluding hydrogens is 258 g/mol. The lowest BCUT2D eigenvalue weighted by Gasteiger charge is -2.10. The first kappa shape index (κ1) is 15.9. The minimum Gasteiger partial charge on any atom is -0.481 e. The predicted molar refractivity (Wildman–Crippen MR) is 76.8 cm³/mol. The van der Waals surface area contributed by atoms with Gasteiger partial charge in [-0.1, -0.05) is 6.42 Å². The molecule has 6 heteroatoms. The fourth-order valence-electron chi connectivity index (χ4n) is 1.68. The van der Waals surface area contributed by atoms with Gasteiger partial charge in [-0.3, -0.25) is 9.59 Å². The summed E-state index contributed by atoms with van der Waals surface area (Å²) in [5, 5.41) is 11.6. The third-order valence-corrected chi connectivity index (χ3v) is 2.79. The second kappa shape index (κ2) is 8.14. The van der Waals surface area contributed by atoms with Crippen LogP contribution in [-0.2, 0) is 4.79 Å². The van der Waals surface area contributed by atoms with E-state index < -0.39 is 5.97 Å². The molecule has 0 aliphatic rings. The number of nitrogens with zero attached hydrogens (tertiary/aromatic N) is 2. The van der Waals surface area contributed by atoms with Crippen LogP contribution in [-0.4, -0.2) is 47.5 Å². The maximum atomic E-state index is 11.7. The highest BCUT2D eigenvalue weighted by Gasteiger charge is 2.07. The van der Waals surface area contributed by atoms with Crippen LogP contribution in [0.1, 0.15) is 36.0 Å². The highest BCUT2D eigenvalue weighted by molar-refractivity contribution is 5.93. The molecule has 0 fully saturated rings. The number of carboxylic acid groups (broad SMARTS) is 1. The summed E-state index contributed by atoms with van der Waals surface area (Å²) in [6.45, 7) is 0.744. The maximum absolute atomic E-state index is 11.7. The number of pyridine rings is 1. The van der Waals surface area contributed by atoms with Crippen LogP contribution < -0.4 is 5.32 Å². The van der Waals surface area contributed by atoms with Gasteiger partial charge in [0.2, 0.25) is 0 Å². The Kier molecular flexibility index (Phi) is 6.49. The molecule has 0 aliphatic heterocycles. The lowest BCUT2D eigenvalue weighted by molar-refractivity contribution is -0.137. The van der Waals surface area contributed by atoms with Gasteiger partial charge in [-0.2, -0.15) is 0 Å². The molecule has 0 bridgehead atoms. The van der Waals surface area contributed by atoms with Gasteiger partial charge in [0.15, 0.2) is 0 Å². The number of unbranched alkanes of at least 4 members (excludes halogenated alkanes) is 2. The zero-order valence-corrected chi connectivity index (χ0v) is 11.9. The average Bonchev–Trinajstić information content (AvgIpc) is 2.42. The van der Waals surface area contributed by atoms with Crippen molar-refractivity contribution in [1.29, 1.82) is 0 Å². The van der Waals surface area contributed by atoms with Crippen molar-refractivity contribution < 1.29 is 14.7 Å². The first-order valence-electron chi connectivity index (χ1n) is 6.64. The number of carbonyl (C=O) groups is 2. The van der Waals surface area contributed by atoms with E-state index in [1.807, 2.05) is 0 Å². The third-order valence-electron chi connectivity index (χ3n) is 2.79. The minimum absolute atomic E-state index is 0.0716. The largest absolute Gasteiger partial charge is 0.481 e. The number of anilines is 1. The number of carbonyl (C=O) groups excluding carboxylic acids is 1. The fourth-order valence-corrected chi connectivity index (χ4v) is 1.68. The van der Waals surface area contributed by atoms with Crippen molar-refractivity contribution in [3.05, 3.63) is 23.9 Å². The van der Waals surface area contributed by atoms with Crippen LogP contribution >= 0.6 is 0 Å². The smallest absolute Gasteiger partial charge is 0.303 e. The molecule has 0 saturated heterocycles.